The highest BCUT2D eigenvalue weighted by Crippen LogP contribution is 2.36. The number of pyridine rings is 1. The van der Waals surface area contributed by atoms with E-state index in [1.165, 1.54) is 6.42 Å². The van der Waals surface area contributed by atoms with Crippen LogP contribution in [0.4, 0.5) is 0 Å². The molecule has 1 saturated heterocycles. The Balaban J connectivity index is 1.83. The zero-order valence-electron chi connectivity index (χ0n) is 11.8. The molecule has 3 aromatic heterocycles. The first kappa shape index (κ1) is 12.8. The van der Waals surface area contributed by atoms with Crippen molar-refractivity contribution in [3.63, 3.8) is 0 Å². The molecule has 1 N–H and O–H groups in total. The summed E-state index contributed by atoms with van der Waals surface area (Å²) in [6.07, 6.45) is 6.92. The Morgan fingerprint density at radius 2 is 2.38 bits per heavy atom. The van der Waals surface area contributed by atoms with E-state index in [1.807, 2.05) is 16.6 Å². The highest BCUT2D eigenvalue weighted by molar-refractivity contribution is 7.16. The van der Waals surface area contributed by atoms with Gasteiger partial charge in [-0.05, 0) is 37.9 Å². The van der Waals surface area contributed by atoms with Crippen molar-refractivity contribution >= 4 is 16.3 Å². The van der Waals surface area contributed by atoms with E-state index in [4.69, 9.17) is 5.10 Å². The molecule has 0 radical (unpaired) electrons. The Bertz CT molecular complexity index is 756. The van der Waals surface area contributed by atoms with E-state index < -0.39 is 0 Å². The number of rotatable bonds is 3. The molecule has 108 valence electrons. The standard InChI is InChI=1S/C14H16N6S/c1-2-14(6-4-8-16-14)12-19-20-11(17-18-13(20)21-12)10-5-3-7-15-9-10/h3,5,7,9,16H,2,4,6,8H2,1H3. The van der Waals surface area contributed by atoms with Gasteiger partial charge in [-0.25, -0.2) is 0 Å². The van der Waals surface area contributed by atoms with Crippen LogP contribution in [0.3, 0.4) is 0 Å². The van der Waals surface area contributed by atoms with Gasteiger partial charge in [-0.1, -0.05) is 18.3 Å². The van der Waals surface area contributed by atoms with Gasteiger partial charge in [0, 0.05) is 18.0 Å². The van der Waals surface area contributed by atoms with Gasteiger partial charge in [0.15, 0.2) is 5.82 Å². The van der Waals surface area contributed by atoms with Crippen LogP contribution in [-0.2, 0) is 5.54 Å². The molecule has 1 aliphatic rings. The third-order valence-electron chi connectivity index (χ3n) is 4.17. The predicted molar refractivity (Wildman–Crippen MR) is 81.1 cm³/mol. The maximum atomic E-state index is 4.79. The Morgan fingerprint density at radius 1 is 1.43 bits per heavy atom. The molecule has 21 heavy (non-hydrogen) atoms. The van der Waals surface area contributed by atoms with Crippen molar-refractivity contribution in [2.24, 2.45) is 0 Å². The Hall–Kier alpha value is -1.86. The Labute approximate surface area is 126 Å². The summed E-state index contributed by atoms with van der Waals surface area (Å²) in [5, 5.41) is 18.0. The third-order valence-corrected chi connectivity index (χ3v) is 5.27. The molecule has 0 bridgehead atoms. The molecule has 4 heterocycles. The van der Waals surface area contributed by atoms with Gasteiger partial charge in [0.25, 0.3) is 0 Å². The molecule has 0 aromatic carbocycles. The zero-order valence-corrected chi connectivity index (χ0v) is 12.6. The number of fused-ring (bicyclic) bond motifs is 1. The van der Waals surface area contributed by atoms with Crippen LogP contribution in [0.25, 0.3) is 16.3 Å². The largest absolute Gasteiger partial charge is 0.305 e. The molecule has 0 amide bonds. The molecule has 1 unspecified atom stereocenters. The van der Waals surface area contributed by atoms with E-state index in [9.17, 15) is 0 Å². The van der Waals surface area contributed by atoms with Crippen molar-refractivity contribution in [1.82, 2.24) is 30.1 Å². The summed E-state index contributed by atoms with van der Waals surface area (Å²) < 4.78 is 1.84. The Morgan fingerprint density at radius 3 is 3.10 bits per heavy atom. The van der Waals surface area contributed by atoms with Gasteiger partial charge in [-0.15, -0.1) is 10.2 Å². The van der Waals surface area contributed by atoms with Crippen LogP contribution >= 0.6 is 11.3 Å². The van der Waals surface area contributed by atoms with Crippen molar-refractivity contribution in [1.29, 1.82) is 0 Å². The summed E-state index contributed by atoms with van der Waals surface area (Å²) >= 11 is 1.63. The van der Waals surface area contributed by atoms with E-state index in [1.54, 1.807) is 23.7 Å². The van der Waals surface area contributed by atoms with Crippen LogP contribution < -0.4 is 5.32 Å². The molecule has 1 atom stereocenters. The van der Waals surface area contributed by atoms with E-state index in [0.717, 1.165) is 40.7 Å². The zero-order chi connectivity index (χ0) is 14.3. The molecule has 0 aliphatic carbocycles. The van der Waals surface area contributed by atoms with E-state index in [2.05, 4.69) is 27.4 Å². The van der Waals surface area contributed by atoms with Crippen LogP contribution in [0, 0.1) is 0 Å². The second kappa shape index (κ2) is 4.85. The van der Waals surface area contributed by atoms with Gasteiger partial charge in [-0.3, -0.25) is 4.98 Å². The first-order chi connectivity index (χ1) is 10.3. The molecule has 0 spiro atoms. The lowest BCUT2D eigenvalue weighted by molar-refractivity contribution is 0.370. The van der Waals surface area contributed by atoms with Crippen LogP contribution in [0.15, 0.2) is 24.5 Å². The van der Waals surface area contributed by atoms with Gasteiger partial charge >= 0.3 is 0 Å². The maximum absolute atomic E-state index is 4.79. The molecule has 1 aliphatic heterocycles. The average molecular weight is 300 g/mol. The lowest BCUT2D eigenvalue weighted by atomic mass is 9.95. The van der Waals surface area contributed by atoms with Crippen LogP contribution in [0.5, 0.6) is 0 Å². The monoisotopic (exact) mass is 300 g/mol. The Kier molecular flexibility index (Phi) is 2.97. The molecule has 1 fully saturated rings. The maximum Gasteiger partial charge on any atom is 0.235 e. The average Bonchev–Trinajstić information content (AvgIpc) is 3.23. The van der Waals surface area contributed by atoms with Gasteiger partial charge in [0.2, 0.25) is 4.96 Å². The number of hydrogen-bond donors (Lipinski definition) is 1. The summed E-state index contributed by atoms with van der Waals surface area (Å²) in [6.45, 7) is 3.27. The first-order valence-electron chi connectivity index (χ1n) is 7.20. The van der Waals surface area contributed by atoms with E-state index in [0.29, 0.717) is 0 Å². The summed E-state index contributed by atoms with van der Waals surface area (Å²) in [5.74, 6) is 0.754. The second-order valence-corrected chi connectivity index (χ2v) is 6.29. The highest BCUT2D eigenvalue weighted by atomic mass is 32.1. The topological polar surface area (TPSA) is 68.0 Å². The fourth-order valence-electron chi connectivity index (χ4n) is 2.93. The summed E-state index contributed by atoms with van der Waals surface area (Å²) in [4.78, 5) is 4.98. The van der Waals surface area contributed by atoms with Crippen molar-refractivity contribution in [3.8, 4) is 11.4 Å². The SMILES string of the molecule is CCC1(c2nn3c(-c4cccnc4)nnc3s2)CCCN1. The molecule has 3 aromatic rings. The van der Waals surface area contributed by atoms with Gasteiger partial charge < -0.3 is 5.32 Å². The summed E-state index contributed by atoms with van der Waals surface area (Å²) in [7, 11) is 0. The summed E-state index contributed by atoms with van der Waals surface area (Å²) in [6, 6.07) is 3.88. The normalized spacial score (nSPS) is 22.1. The third kappa shape index (κ3) is 1.96. The molecular formula is C14H16N6S. The summed E-state index contributed by atoms with van der Waals surface area (Å²) in [5.41, 5.74) is 0.948. The molecule has 4 rings (SSSR count). The number of aromatic nitrogens is 5. The number of nitrogens with one attached hydrogen (secondary N) is 1. The fourth-order valence-corrected chi connectivity index (χ4v) is 4.03. The number of hydrogen-bond acceptors (Lipinski definition) is 6. The first-order valence-corrected chi connectivity index (χ1v) is 8.02. The number of nitrogens with zero attached hydrogens (tertiary/aromatic N) is 5. The minimum absolute atomic E-state index is 0.0115. The van der Waals surface area contributed by atoms with Crippen LogP contribution in [-0.4, -0.2) is 31.3 Å². The van der Waals surface area contributed by atoms with Crippen LogP contribution in [0.2, 0.25) is 0 Å². The highest BCUT2D eigenvalue weighted by Gasteiger charge is 2.37. The van der Waals surface area contributed by atoms with Crippen LogP contribution in [0.1, 0.15) is 31.2 Å². The van der Waals surface area contributed by atoms with Gasteiger partial charge in [-0.2, -0.15) is 9.61 Å². The van der Waals surface area contributed by atoms with Crippen molar-refractivity contribution in [2.45, 2.75) is 31.7 Å². The molecule has 6 nitrogen and oxygen atoms in total. The van der Waals surface area contributed by atoms with E-state index in [-0.39, 0.29) is 5.54 Å². The van der Waals surface area contributed by atoms with Crippen molar-refractivity contribution in [2.75, 3.05) is 6.54 Å². The van der Waals surface area contributed by atoms with Gasteiger partial charge in [0.05, 0.1) is 5.54 Å². The van der Waals surface area contributed by atoms with E-state index >= 15 is 0 Å². The molecular weight excluding hydrogens is 284 g/mol. The van der Waals surface area contributed by atoms with Crippen molar-refractivity contribution in [3.05, 3.63) is 29.5 Å². The van der Waals surface area contributed by atoms with Gasteiger partial charge in [0.1, 0.15) is 5.01 Å². The minimum Gasteiger partial charge on any atom is -0.305 e. The molecule has 7 heteroatoms. The lowest BCUT2D eigenvalue weighted by Gasteiger charge is -2.24. The molecule has 0 saturated carbocycles. The fraction of sp³-hybridized carbons (Fsp3) is 0.429. The predicted octanol–water partition coefficient (Wildman–Crippen LogP) is 2.24. The van der Waals surface area contributed by atoms with Crippen molar-refractivity contribution < 1.29 is 0 Å². The second-order valence-electron chi connectivity index (χ2n) is 5.33. The smallest absolute Gasteiger partial charge is 0.235 e. The lowest BCUT2D eigenvalue weighted by Crippen LogP contribution is -2.36. The quantitative estimate of drug-likeness (QED) is 0.803. The minimum atomic E-state index is 0.0115.